The van der Waals surface area contributed by atoms with Gasteiger partial charge in [0.2, 0.25) is 0 Å². The average Bonchev–Trinajstić information content (AvgIpc) is 3.01. The molecule has 0 atom stereocenters. The summed E-state index contributed by atoms with van der Waals surface area (Å²) in [6, 6.07) is 12.5. The summed E-state index contributed by atoms with van der Waals surface area (Å²) in [4.78, 5) is 2.52. The molecule has 88 valence electrons. The molecule has 0 spiro atoms. The molecule has 2 heterocycles. The van der Waals surface area contributed by atoms with Gasteiger partial charge in [-0.25, -0.2) is 0 Å². The first-order chi connectivity index (χ1) is 8.43. The van der Waals surface area contributed by atoms with Crippen LogP contribution in [-0.4, -0.2) is 18.0 Å². The van der Waals surface area contributed by atoms with Gasteiger partial charge < -0.3 is 4.42 Å². The Hall–Kier alpha value is -1.54. The van der Waals surface area contributed by atoms with Crippen molar-refractivity contribution in [2.45, 2.75) is 19.4 Å². The second kappa shape index (κ2) is 4.76. The molecule has 0 saturated carbocycles. The van der Waals surface area contributed by atoms with Crippen molar-refractivity contribution in [3.8, 4) is 11.3 Å². The molecule has 1 aliphatic heterocycles. The van der Waals surface area contributed by atoms with Crippen LogP contribution in [-0.2, 0) is 6.54 Å². The van der Waals surface area contributed by atoms with Gasteiger partial charge in [0.1, 0.15) is 5.76 Å². The van der Waals surface area contributed by atoms with Gasteiger partial charge in [0.05, 0.1) is 6.26 Å². The fourth-order valence-electron chi connectivity index (χ4n) is 2.51. The number of nitrogens with zero attached hydrogens (tertiary/aromatic N) is 1. The number of furan rings is 1. The van der Waals surface area contributed by atoms with Crippen molar-refractivity contribution in [3.05, 3.63) is 48.2 Å². The third-order valence-electron chi connectivity index (χ3n) is 3.40. The lowest BCUT2D eigenvalue weighted by Crippen LogP contribution is -2.18. The average molecular weight is 227 g/mol. The molecule has 1 aliphatic rings. The zero-order chi connectivity index (χ0) is 11.5. The van der Waals surface area contributed by atoms with Crippen LogP contribution in [0.5, 0.6) is 0 Å². The number of likely N-dealkylation sites (tertiary alicyclic amines) is 1. The van der Waals surface area contributed by atoms with Gasteiger partial charge in [0.15, 0.2) is 0 Å². The van der Waals surface area contributed by atoms with Gasteiger partial charge in [0, 0.05) is 12.1 Å². The summed E-state index contributed by atoms with van der Waals surface area (Å²) >= 11 is 0. The summed E-state index contributed by atoms with van der Waals surface area (Å²) in [5.74, 6) is 0.972. The molecular weight excluding hydrogens is 210 g/mol. The highest BCUT2D eigenvalue weighted by Crippen LogP contribution is 2.26. The zero-order valence-corrected chi connectivity index (χ0v) is 9.93. The fraction of sp³-hybridized carbons (Fsp3) is 0.333. The first-order valence-corrected chi connectivity index (χ1v) is 6.27. The summed E-state index contributed by atoms with van der Waals surface area (Å²) in [5, 5.41) is 0. The Morgan fingerprint density at radius 1 is 1.00 bits per heavy atom. The van der Waals surface area contributed by atoms with Gasteiger partial charge in [-0.15, -0.1) is 0 Å². The Morgan fingerprint density at radius 2 is 1.82 bits per heavy atom. The lowest BCUT2D eigenvalue weighted by molar-refractivity contribution is 0.331. The second-order valence-corrected chi connectivity index (χ2v) is 4.62. The van der Waals surface area contributed by atoms with E-state index in [0.717, 1.165) is 12.3 Å². The molecule has 1 aromatic carbocycles. The molecule has 3 rings (SSSR count). The summed E-state index contributed by atoms with van der Waals surface area (Å²) < 4.78 is 5.51. The van der Waals surface area contributed by atoms with E-state index in [1.54, 1.807) is 6.26 Å². The third kappa shape index (κ3) is 2.27. The smallest absolute Gasteiger partial charge is 0.134 e. The molecule has 0 aliphatic carbocycles. The van der Waals surface area contributed by atoms with E-state index in [-0.39, 0.29) is 0 Å². The van der Waals surface area contributed by atoms with Crippen molar-refractivity contribution in [2.75, 3.05) is 13.1 Å². The molecule has 17 heavy (non-hydrogen) atoms. The van der Waals surface area contributed by atoms with Gasteiger partial charge in [-0.1, -0.05) is 24.3 Å². The minimum atomic E-state index is 0.972. The van der Waals surface area contributed by atoms with Crippen molar-refractivity contribution in [2.24, 2.45) is 0 Å². The van der Waals surface area contributed by atoms with E-state index >= 15 is 0 Å². The number of hydrogen-bond acceptors (Lipinski definition) is 2. The lowest BCUT2D eigenvalue weighted by atomic mass is 10.1. The molecule has 2 heteroatoms. The molecule has 0 amide bonds. The van der Waals surface area contributed by atoms with Crippen LogP contribution in [0, 0.1) is 0 Å². The van der Waals surface area contributed by atoms with E-state index in [4.69, 9.17) is 4.42 Å². The van der Waals surface area contributed by atoms with E-state index in [2.05, 4.69) is 29.2 Å². The quantitative estimate of drug-likeness (QED) is 0.797. The largest absolute Gasteiger partial charge is 0.464 e. The van der Waals surface area contributed by atoms with Crippen LogP contribution in [0.15, 0.2) is 47.1 Å². The Bertz CT molecular complexity index is 469. The molecule has 1 aromatic heterocycles. The summed E-state index contributed by atoms with van der Waals surface area (Å²) in [6.45, 7) is 3.50. The first kappa shape index (κ1) is 10.6. The molecule has 1 fully saturated rings. The number of benzene rings is 1. The van der Waals surface area contributed by atoms with Crippen molar-refractivity contribution < 1.29 is 4.42 Å². The SMILES string of the molecule is c1coc(-c2ccccc2CN2CCCC2)c1. The predicted octanol–water partition coefficient (Wildman–Crippen LogP) is 3.54. The Kier molecular flexibility index (Phi) is 2.97. The van der Waals surface area contributed by atoms with Gasteiger partial charge in [0.25, 0.3) is 0 Å². The minimum absolute atomic E-state index is 0.972. The van der Waals surface area contributed by atoms with Crippen molar-refractivity contribution in [1.82, 2.24) is 4.90 Å². The predicted molar refractivity (Wildman–Crippen MR) is 68.7 cm³/mol. The van der Waals surface area contributed by atoms with Crippen LogP contribution in [0.1, 0.15) is 18.4 Å². The van der Waals surface area contributed by atoms with Crippen LogP contribution < -0.4 is 0 Å². The summed E-state index contributed by atoms with van der Waals surface area (Å²) in [6.07, 6.45) is 4.41. The maximum Gasteiger partial charge on any atom is 0.134 e. The topological polar surface area (TPSA) is 16.4 Å². The van der Waals surface area contributed by atoms with Crippen LogP contribution in [0.4, 0.5) is 0 Å². The highest BCUT2D eigenvalue weighted by Gasteiger charge is 2.14. The molecule has 0 N–H and O–H groups in total. The van der Waals surface area contributed by atoms with E-state index < -0.39 is 0 Å². The standard InChI is InChI=1S/C15H17NO/c1-2-7-14(15-8-5-11-17-15)13(6-1)12-16-9-3-4-10-16/h1-2,5-8,11H,3-4,9-10,12H2. The van der Waals surface area contributed by atoms with Gasteiger partial charge in [-0.05, 0) is 43.6 Å². The number of hydrogen-bond donors (Lipinski definition) is 0. The molecule has 0 radical (unpaired) electrons. The maximum absolute atomic E-state index is 5.51. The van der Waals surface area contributed by atoms with Crippen LogP contribution in [0.25, 0.3) is 11.3 Å². The third-order valence-corrected chi connectivity index (χ3v) is 3.40. The normalized spacial score (nSPS) is 16.5. The monoisotopic (exact) mass is 227 g/mol. The van der Waals surface area contributed by atoms with Crippen molar-refractivity contribution in [3.63, 3.8) is 0 Å². The van der Waals surface area contributed by atoms with Gasteiger partial charge >= 0.3 is 0 Å². The maximum atomic E-state index is 5.51. The van der Waals surface area contributed by atoms with E-state index in [1.807, 2.05) is 12.1 Å². The van der Waals surface area contributed by atoms with E-state index in [9.17, 15) is 0 Å². The van der Waals surface area contributed by atoms with Crippen molar-refractivity contribution in [1.29, 1.82) is 0 Å². The summed E-state index contributed by atoms with van der Waals surface area (Å²) in [5.41, 5.74) is 2.59. The van der Waals surface area contributed by atoms with E-state index in [1.165, 1.54) is 37.1 Å². The first-order valence-electron chi connectivity index (χ1n) is 6.27. The molecule has 1 saturated heterocycles. The van der Waals surface area contributed by atoms with Gasteiger partial charge in [-0.3, -0.25) is 4.90 Å². The Morgan fingerprint density at radius 3 is 2.59 bits per heavy atom. The van der Waals surface area contributed by atoms with Gasteiger partial charge in [-0.2, -0.15) is 0 Å². The fourth-order valence-corrected chi connectivity index (χ4v) is 2.51. The Labute approximate surface area is 102 Å². The second-order valence-electron chi connectivity index (χ2n) is 4.62. The molecule has 2 aromatic rings. The molecule has 0 unspecified atom stereocenters. The summed E-state index contributed by atoms with van der Waals surface area (Å²) in [7, 11) is 0. The Balaban J connectivity index is 1.88. The van der Waals surface area contributed by atoms with E-state index in [0.29, 0.717) is 0 Å². The molecule has 2 nitrogen and oxygen atoms in total. The highest BCUT2D eigenvalue weighted by atomic mass is 16.3. The van der Waals surface area contributed by atoms with Crippen LogP contribution in [0.3, 0.4) is 0 Å². The highest BCUT2D eigenvalue weighted by molar-refractivity contribution is 5.61. The molecule has 0 bridgehead atoms. The van der Waals surface area contributed by atoms with Crippen LogP contribution in [0.2, 0.25) is 0 Å². The van der Waals surface area contributed by atoms with Crippen molar-refractivity contribution >= 4 is 0 Å². The zero-order valence-electron chi connectivity index (χ0n) is 9.93. The lowest BCUT2D eigenvalue weighted by Gasteiger charge is -2.16. The minimum Gasteiger partial charge on any atom is -0.464 e. The van der Waals surface area contributed by atoms with Crippen LogP contribution >= 0.6 is 0 Å². The number of rotatable bonds is 3. The molecular formula is C15H17NO.